The van der Waals surface area contributed by atoms with Crippen LogP contribution < -0.4 is 4.90 Å². The summed E-state index contributed by atoms with van der Waals surface area (Å²) in [4.78, 5) is 10.8. The molecule has 0 amide bonds. The van der Waals surface area contributed by atoms with E-state index in [1.807, 2.05) is 6.92 Å². The SMILES string of the molecule is CC1CN(c2ncc(Br)cn2)CC(c2ccc(F)cc2)O1. The lowest BCUT2D eigenvalue weighted by molar-refractivity contribution is -0.0178. The van der Waals surface area contributed by atoms with Gasteiger partial charge >= 0.3 is 0 Å². The van der Waals surface area contributed by atoms with Gasteiger partial charge in [-0.2, -0.15) is 0 Å². The fourth-order valence-corrected chi connectivity index (χ4v) is 2.65. The molecule has 21 heavy (non-hydrogen) atoms. The number of hydrogen-bond acceptors (Lipinski definition) is 4. The van der Waals surface area contributed by atoms with Crippen LogP contribution in [-0.4, -0.2) is 29.2 Å². The van der Waals surface area contributed by atoms with Crippen LogP contribution in [0, 0.1) is 5.82 Å². The summed E-state index contributed by atoms with van der Waals surface area (Å²) < 4.78 is 19.8. The molecule has 6 heteroatoms. The van der Waals surface area contributed by atoms with Gasteiger partial charge < -0.3 is 9.64 Å². The first-order chi connectivity index (χ1) is 10.1. The molecule has 4 nitrogen and oxygen atoms in total. The topological polar surface area (TPSA) is 38.2 Å². The Balaban J connectivity index is 1.81. The molecule has 0 saturated carbocycles. The number of hydrogen-bond donors (Lipinski definition) is 0. The van der Waals surface area contributed by atoms with E-state index >= 15 is 0 Å². The van der Waals surface area contributed by atoms with Crippen LogP contribution in [0.4, 0.5) is 10.3 Å². The third-order valence-electron chi connectivity index (χ3n) is 3.39. The van der Waals surface area contributed by atoms with Crippen molar-refractivity contribution in [2.24, 2.45) is 0 Å². The predicted octanol–water partition coefficient (Wildman–Crippen LogP) is 3.34. The Bertz CT molecular complexity index is 552. The molecule has 1 aromatic carbocycles. The summed E-state index contributed by atoms with van der Waals surface area (Å²) in [6, 6.07) is 6.44. The average molecular weight is 352 g/mol. The number of benzene rings is 1. The van der Waals surface area contributed by atoms with Gasteiger partial charge in [0.15, 0.2) is 0 Å². The van der Waals surface area contributed by atoms with Gasteiger partial charge in [0, 0.05) is 18.9 Å². The zero-order valence-electron chi connectivity index (χ0n) is 11.5. The van der Waals surface area contributed by atoms with Crippen molar-refractivity contribution in [2.75, 3.05) is 18.0 Å². The molecule has 1 aliphatic rings. The van der Waals surface area contributed by atoms with Crippen LogP contribution in [0.1, 0.15) is 18.6 Å². The molecular formula is C15H15BrFN3O. The Labute approximate surface area is 131 Å². The molecule has 0 aliphatic carbocycles. The minimum Gasteiger partial charge on any atom is -0.367 e. The van der Waals surface area contributed by atoms with Crippen LogP contribution in [0.15, 0.2) is 41.1 Å². The van der Waals surface area contributed by atoms with Crippen LogP contribution in [-0.2, 0) is 4.74 Å². The quantitative estimate of drug-likeness (QED) is 0.831. The lowest BCUT2D eigenvalue weighted by atomic mass is 10.1. The zero-order chi connectivity index (χ0) is 14.8. The van der Waals surface area contributed by atoms with E-state index in [1.54, 1.807) is 24.5 Å². The van der Waals surface area contributed by atoms with E-state index in [9.17, 15) is 4.39 Å². The van der Waals surface area contributed by atoms with Crippen molar-refractivity contribution < 1.29 is 9.13 Å². The van der Waals surface area contributed by atoms with E-state index in [4.69, 9.17) is 4.74 Å². The summed E-state index contributed by atoms with van der Waals surface area (Å²) in [6.07, 6.45) is 3.41. The van der Waals surface area contributed by atoms with Crippen molar-refractivity contribution in [2.45, 2.75) is 19.1 Å². The molecule has 0 radical (unpaired) electrons. The predicted molar refractivity (Wildman–Crippen MR) is 81.6 cm³/mol. The van der Waals surface area contributed by atoms with Gasteiger partial charge in [0.05, 0.1) is 17.1 Å². The Hall–Kier alpha value is -1.53. The van der Waals surface area contributed by atoms with E-state index < -0.39 is 0 Å². The molecule has 2 aromatic rings. The van der Waals surface area contributed by atoms with Crippen molar-refractivity contribution in [1.82, 2.24) is 9.97 Å². The first-order valence-electron chi connectivity index (χ1n) is 6.75. The van der Waals surface area contributed by atoms with Crippen LogP contribution in [0.2, 0.25) is 0 Å². The highest BCUT2D eigenvalue weighted by Gasteiger charge is 2.27. The number of halogens is 2. The van der Waals surface area contributed by atoms with Gasteiger partial charge in [-0.05, 0) is 40.5 Å². The second kappa shape index (κ2) is 6.07. The number of aromatic nitrogens is 2. The molecule has 0 spiro atoms. The number of morpholine rings is 1. The molecule has 2 atom stereocenters. The maximum Gasteiger partial charge on any atom is 0.225 e. The summed E-state index contributed by atoms with van der Waals surface area (Å²) in [6.45, 7) is 3.40. The maximum absolute atomic E-state index is 13.0. The van der Waals surface area contributed by atoms with E-state index in [1.165, 1.54) is 12.1 Å². The molecule has 0 N–H and O–H groups in total. The second-order valence-electron chi connectivity index (χ2n) is 5.09. The Kier molecular flexibility index (Phi) is 4.17. The van der Waals surface area contributed by atoms with Crippen LogP contribution in [0.5, 0.6) is 0 Å². The molecule has 1 aliphatic heterocycles. The van der Waals surface area contributed by atoms with Crippen molar-refractivity contribution >= 4 is 21.9 Å². The standard InChI is InChI=1S/C15H15BrFN3O/c1-10-8-20(15-18-6-12(16)7-19-15)9-14(21-10)11-2-4-13(17)5-3-11/h2-7,10,14H,8-9H2,1H3. The third kappa shape index (κ3) is 3.39. The Morgan fingerprint density at radius 3 is 2.52 bits per heavy atom. The van der Waals surface area contributed by atoms with Crippen molar-refractivity contribution in [1.29, 1.82) is 0 Å². The number of ether oxygens (including phenoxy) is 1. The van der Waals surface area contributed by atoms with E-state index in [0.29, 0.717) is 12.5 Å². The van der Waals surface area contributed by atoms with E-state index in [0.717, 1.165) is 16.6 Å². The van der Waals surface area contributed by atoms with Gasteiger partial charge in [0.2, 0.25) is 5.95 Å². The fourth-order valence-electron chi connectivity index (χ4n) is 2.45. The summed E-state index contributed by atoms with van der Waals surface area (Å²) in [7, 11) is 0. The molecule has 2 unspecified atom stereocenters. The molecule has 1 fully saturated rings. The second-order valence-corrected chi connectivity index (χ2v) is 6.01. The number of anilines is 1. The number of rotatable bonds is 2. The first kappa shape index (κ1) is 14.4. The molecule has 3 rings (SSSR count). The van der Waals surface area contributed by atoms with Crippen LogP contribution in [0.25, 0.3) is 0 Å². The van der Waals surface area contributed by atoms with Crippen molar-refractivity contribution in [3.8, 4) is 0 Å². The smallest absolute Gasteiger partial charge is 0.225 e. The Morgan fingerprint density at radius 1 is 1.19 bits per heavy atom. The van der Waals surface area contributed by atoms with Gasteiger partial charge in [-0.1, -0.05) is 12.1 Å². The lowest BCUT2D eigenvalue weighted by Gasteiger charge is -2.37. The van der Waals surface area contributed by atoms with Gasteiger partial charge in [-0.15, -0.1) is 0 Å². The maximum atomic E-state index is 13.0. The van der Waals surface area contributed by atoms with Gasteiger partial charge in [0.25, 0.3) is 0 Å². The van der Waals surface area contributed by atoms with Crippen LogP contribution in [0.3, 0.4) is 0 Å². The molecule has 1 aromatic heterocycles. The summed E-state index contributed by atoms with van der Waals surface area (Å²) >= 11 is 3.33. The molecule has 110 valence electrons. The minimum absolute atomic E-state index is 0.0565. The monoisotopic (exact) mass is 351 g/mol. The average Bonchev–Trinajstić information content (AvgIpc) is 2.48. The van der Waals surface area contributed by atoms with Gasteiger partial charge in [-0.3, -0.25) is 0 Å². The van der Waals surface area contributed by atoms with Crippen LogP contribution >= 0.6 is 15.9 Å². The highest BCUT2D eigenvalue weighted by Crippen LogP contribution is 2.27. The normalized spacial score (nSPS) is 22.3. The molecule has 2 heterocycles. The summed E-state index contributed by atoms with van der Waals surface area (Å²) in [5, 5.41) is 0. The largest absolute Gasteiger partial charge is 0.367 e. The molecule has 0 bridgehead atoms. The van der Waals surface area contributed by atoms with Gasteiger partial charge in [0.1, 0.15) is 11.9 Å². The minimum atomic E-state index is -0.240. The van der Waals surface area contributed by atoms with Crippen molar-refractivity contribution in [3.63, 3.8) is 0 Å². The highest BCUT2D eigenvalue weighted by molar-refractivity contribution is 9.10. The summed E-state index contributed by atoms with van der Waals surface area (Å²) in [5.74, 6) is 0.441. The van der Waals surface area contributed by atoms with Crippen molar-refractivity contribution in [3.05, 3.63) is 52.5 Å². The first-order valence-corrected chi connectivity index (χ1v) is 7.54. The number of nitrogens with zero attached hydrogens (tertiary/aromatic N) is 3. The highest BCUT2D eigenvalue weighted by atomic mass is 79.9. The van der Waals surface area contributed by atoms with E-state index in [2.05, 4.69) is 30.8 Å². The zero-order valence-corrected chi connectivity index (χ0v) is 13.1. The summed E-state index contributed by atoms with van der Waals surface area (Å²) in [5.41, 5.74) is 0.963. The lowest BCUT2D eigenvalue weighted by Crippen LogP contribution is -2.43. The fraction of sp³-hybridized carbons (Fsp3) is 0.333. The molecule has 1 saturated heterocycles. The van der Waals surface area contributed by atoms with E-state index in [-0.39, 0.29) is 18.0 Å². The van der Waals surface area contributed by atoms with Gasteiger partial charge in [-0.25, -0.2) is 14.4 Å². The Morgan fingerprint density at radius 2 is 1.86 bits per heavy atom. The third-order valence-corrected chi connectivity index (χ3v) is 3.80. The molecular weight excluding hydrogens is 337 g/mol.